The first-order chi connectivity index (χ1) is 9.41. The van der Waals surface area contributed by atoms with Crippen molar-refractivity contribution in [1.29, 1.82) is 0 Å². The highest BCUT2D eigenvalue weighted by molar-refractivity contribution is 9.10. The van der Waals surface area contributed by atoms with Gasteiger partial charge in [-0.05, 0) is 18.2 Å². The van der Waals surface area contributed by atoms with Crippen LogP contribution in [-0.2, 0) is 0 Å². The maximum absolute atomic E-state index is 11.1. The topological polar surface area (TPSA) is 86.3 Å². The first-order valence-electron chi connectivity index (χ1n) is 5.29. The molecule has 0 radical (unpaired) electrons. The van der Waals surface area contributed by atoms with Crippen LogP contribution >= 0.6 is 27.5 Å². The Kier molecular flexibility index (Phi) is 4.01. The summed E-state index contributed by atoms with van der Waals surface area (Å²) in [5.74, 6) is 0. The predicted molar refractivity (Wildman–Crippen MR) is 77.9 cm³/mol. The van der Waals surface area contributed by atoms with Crippen molar-refractivity contribution in [3.05, 3.63) is 66.1 Å². The van der Waals surface area contributed by atoms with Crippen molar-refractivity contribution in [2.24, 2.45) is 0 Å². The van der Waals surface area contributed by atoms with Crippen molar-refractivity contribution < 1.29 is 9.85 Å². The molecule has 0 unspecified atom stereocenters. The van der Waals surface area contributed by atoms with Crippen molar-refractivity contribution in [3.8, 4) is 11.1 Å². The largest absolute Gasteiger partial charge is 0.278 e. The van der Waals surface area contributed by atoms with E-state index >= 15 is 0 Å². The Morgan fingerprint density at radius 3 is 2.25 bits per heavy atom. The fourth-order valence-corrected chi connectivity index (χ4v) is 2.42. The Hall–Kier alpha value is -1.99. The third-order valence-corrected chi connectivity index (χ3v) is 3.42. The molecule has 20 heavy (non-hydrogen) atoms. The molecule has 0 saturated heterocycles. The van der Waals surface area contributed by atoms with E-state index in [1.165, 1.54) is 30.3 Å². The van der Waals surface area contributed by atoms with Gasteiger partial charge in [-0.3, -0.25) is 20.2 Å². The summed E-state index contributed by atoms with van der Waals surface area (Å²) < 4.78 is 0.502. The van der Waals surface area contributed by atoms with E-state index in [1.807, 2.05) is 0 Å². The molecule has 0 N–H and O–H groups in total. The van der Waals surface area contributed by atoms with Crippen LogP contribution in [0.5, 0.6) is 0 Å². The third-order valence-electron chi connectivity index (χ3n) is 2.61. The lowest BCUT2D eigenvalue weighted by Gasteiger charge is -2.07. The van der Waals surface area contributed by atoms with E-state index in [2.05, 4.69) is 15.9 Å². The molecular formula is C12H6BrClN2O4. The highest BCUT2D eigenvalue weighted by Gasteiger charge is 2.25. The van der Waals surface area contributed by atoms with Crippen LogP contribution in [0.2, 0.25) is 5.02 Å². The van der Waals surface area contributed by atoms with E-state index in [-0.39, 0.29) is 27.5 Å². The maximum atomic E-state index is 11.1. The zero-order valence-corrected chi connectivity index (χ0v) is 12.1. The first-order valence-corrected chi connectivity index (χ1v) is 6.46. The fraction of sp³-hybridized carbons (Fsp3) is 0. The van der Waals surface area contributed by atoms with Crippen molar-refractivity contribution in [3.63, 3.8) is 0 Å². The molecule has 2 aromatic rings. The number of nitro groups is 2. The average molecular weight is 358 g/mol. The molecule has 0 aliphatic carbocycles. The van der Waals surface area contributed by atoms with Gasteiger partial charge in [0.15, 0.2) is 0 Å². The molecule has 0 spiro atoms. The second-order valence-electron chi connectivity index (χ2n) is 3.81. The monoisotopic (exact) mass is 356 g/mol. The molecule has 2 rings (SSSR count). The van der Waals surface area contributed by atoms with Gasteiger partial charge in [-0.15, -0.1) is 0 Å². The Morgan fingerprint density at radius 1 is 1.00 bits per heavy atom. The third kappa shape index (κ3) is 2.63. The van der Waals surface area contributed by atoms with Crippen LogP contribution in [0.4, 0.5) is 11.4 Å². The van der Waals surface area contributed by atoms with E-state index in [9.17, 15) is 20.2 Å². The van der Waals surface area contributed by atoms with E-state index in [1.54, 1.807) is 6.07 Å². The summed E-state index contributed by atoms with van der Waals surface area (Å²) in [7, 11) is 0. The highest BCUT2D eigenvalue weighted by atomic mass is 79.9. The standard InChI is InChI=1S/C12H6BrClN2O4/c13-7-4-5-8(11(6-7)16(19)20)12-9(14)2-1-3-10(12)15(17)18/h1-6H. The predicted octanol–water partition coefficient (Wildman–Crippen LogP) is 4.59. The summed E-state index contributed by atoms with van der Waals surface area (Å²) in [6.07, 6.45) is 0. The smallest absolute Gasteiger partial charge is 0.258 e. The van der Waals surface area contributed by atoms with Gasteiger partial charge in [-0.1, -0.05) is 33.6 Å². The highest BCUT2D eigenvalue weighted by Crippen LogP contribution is 2.41. The van der Waals surface area contributed by atoms with Crippen LogP contribution in [-0.4, -0.2) is 9.85 Å². The van der Waals surface area contributed by atoms with E-state index in [0.717, 1.165) is 0 Å². The first kappa shape index (κ1) is 14.4. The molecule has 0 aliphatic heterocycles. The van der Waals surface area contributed by atoms with Crippen LogP contribution in [0.25, 0.3) is 11.1 Å². The van der Waals surface area contributed by atoms with Crippen LogP contribution in [0.3, 0.4) is 0 Å². The van der Waals surface area contributed by atoms with Crippen molar-refractivity contribution in [1.82, 2.24) is 0 Å². The second kappa shape index (κ2) is 5.56. The van der Waals surface area contributed by atoms with Crippen LogP contribution < -0.4 is 0 Å². The molecule has 6 nitrogen and oxygen atoms in total. The quantitative estimate of drug-likeness (QED) is 0.594. The molecule has 0 aromatic heterocycles. The Bertz CT molecular complexity index is 721. The van der Waals surface area contributed by atoms with Crippen LogP contribution in [0.1, 0.15) is 0 Å². The number of halogens is 2. The average Bonchev–Trinajstić information content (AvgIpc) is 2.38. The lowest BCUT2D eigenvalue weighted by molar-refractivity contribution is -0.386. The zero-order chi connectivity index (χ0) is 14.9. The Labute approximate surface area is 126 Å². The Balaban J connectivity index is 2.81. The number of rotatable bonds is 3. The summed E-state index contributed by atoms with van der Waals surface area (Å²) in [6.45, 7) is 0. The molecular weight excluding hydrogens is 351 g/mol. The minimum atomic E-state index is -0.618. The minimum Gasteiger partial charge on any atom is -0.258 e. The van der Waals surface area contributed by atoms with Crippen molar-refractivity contribution in [2.75, 3.05) is 0 Å². The van der Waals surface area contributed by atoms with Gasteiger partial charge in [0.1, 0.15) is 0 Å². The lowest BCUT2D eigenvalue weighted by atomic mass is 10.0. The normalized spacial score (nSPS) is 10.3. The fourth-order valence-electron chi connectivity index (χ4n) is 1.80. The van der Waals surface area contributed by atoms with Gasteiger partial charge in [-0.25, -0.2) is 0 Å². The summed E-state index contributed by atoms with van der Waals surface area (Å²) in [5, 5.41) is 22.3. The number of hydrogen-bond donors (Lipinski definition) is 0. The molecule has 0 fully saturated rings. The van der Waals surface area contributed by atoms with Gasteiger partial charge < -0.3 is 0 Å². The minimum absolute atomic E-state index is 0.0402. The number of hydrogen-bond acceptors (Lipinski definition) is 4. The number of benzene rings is 2. The van der Waals surface area contributed by atoms with Crippen LogP contribution in [0.15, 0.2) is 40.9 Å². The van der Waals surface area contributed by atoms with Gasteiger partial charge >= 0.3 is 0 Å². The molecule has 8 heteroatoms. The summed E-state index contributed by atoms with van der Waals surface area (Å²) >= 11 is 9.12. The summed E-state index contributed by atoms with van der Waals surface area (Å²) in [6, 6.07) is 8.41. The SMILES string of the molecule is O=[N+]([O-])c1cc(Br)ccc1-c1c(Cl)cccc1[N+](=O)[O-]. The molecule has 0 saturated carbocycles. The lowest BCUT2D eigenvalue weighted by Crippen LogP contribution is -1.97. The van der Waals surface area contributed by atoms with Gasteiger partial charge in [0.05, 0.1) is 26.0 Å². The van der Waals surface area contributed by atoms with Gasteiger partial charge in [-0.2, -0.15) is 0 Å². The van der Waals surface area contributed by atoms with Crippen molar-refractivity contribution >= 4 is 38.9 Å². The Morgan fingerprint density at radius 2 is 1.65 bits per heavy atom. The molecule has 0 heterocycles. The van der Waals surface area contributed by atoms with E-state index in [0.29, 0.717) is 4.47 Å². The molecule has 2 aromatic carbocycles. The van der Waals surface area contributed by atoms with Gasteiger partial charge in [0, 0.05) is 16.6 Å². The molecule has 102 valence electrons. The van der Waals surface area contributed by atoms with E-state index in [4.69, 9.17) is 11.6 Å². The van der Waals surface area contributed by atoms with E-state index < -0.39 is 9.85 Å². The van der Waals surface area contributed by atoms with Crippen LogP contribution in [0, 0.1) is 20.2 Å². The summed E-state index contributed by atoms with van der Waals surface area (Å²) in [4.78, 5) is 21.0. The summed E-state index contributed by atoms with van der Waals surface area (Å²) in [5.41, 5.74) is -0.382. The van der Waals surface area contributed by atoms with Crippen molar-refractivity contribution in [2.45, 2.75) is 0 Å². The molecule has 0 aliphatic rings. The second-order valence-corrected chi connectivity index (χ2v) is 5.13. The molecule has 0 bridgehead atoms. The maximum Gasteiger partial charge on any atom is 0.278 e. The molecule has 0 amide bonds. The molecule has 0 atom stereocenters. The number of nitro benzene ring substituents is 2. The zero-order valence-electron chi connectivity index (χ0n) is 9.75. The number of nitrogens with zero attached hydrogens (tertiary/aromatic N) is 2. The van der Waals surface area contributed by atoms with Gasteiger partial charge in [0.2, 0.25) is 0 Å². The van der Waals surface area contributed by atoms with Gasteiger partial charge in [0.25, 0.3) is 11.4 Å².